The summed E-state index contributed by atoms with van der Waals surface area (Å²) in [6.45, 7) is 10.3. The summed E-state index contributed by atoms with van der Waals surface area (Å²) >= 11 is 0. The molecule has 2 N–H and O–H groups in total. The molecule has 140 valence electrons. The molecular weight excluding hydrogens is 320 g/mol. The molecule has 7 nitrogen and oxygen atoms in total. The fraction of sp³-hybridized carbons (Fsp3) is 0.667. The first-order chi connectivity index (χ1) is 11.9. The zero-order valence-electron chi connectivity index (χ0n) is 15.5. The number of rotatable bonds is 8. The number of carbonyl (C=O) groups excluding carboxylic acids is 1. The van der Waals surface area contributed by atoms with Crippen molar-refractivity contribution in [3.8, 4) is 0 Å². The highest BCUT2D eigenvalue weighted by Gasteiger charge is 2.20. The molecule has 0 spiro atoms. The lowest BCUT2D eigenvalue weighted by molar-refractivity contribution is -0.120. The highest BCUT2D eigenvalue weighted by atomic mass is 16.4. The molecule has 0 atom stereocenters. The number of hydrogen-bond donors (Lipinski definition) is 2. The van der Waals surface area contributed by atoms with Crippen LogP contribution < -0.4 is 5.32 Å². The topological polar surface area (TPSA) is 77.8 Å². The summed E-state index contributed by atoms with van der Waals surface area (Å²) in [5.74, 6) is -1.09. The first kappa shape index (κ1) is 19.5. The van der Waals surface area contributed by atoms with E-state index >= 15 is 0 Å². The number of likely N-dealkylation sites (N-methyl/N-ethyl adjacent to an activating group) is 1. The lowest BCUT2D eigenvalue weighted by Crippen LogP contribution is -2.45. The number of aromatic carboxylic acids is 1. The van der Waals surface area contributed by atoms with Gasteiger partial charge in [-0.2, -0.15) is 0 Å². The quantitative estimate of drug-likeness (QED) is 0.679. The minimum atomic E-state index is -0.970. The zero-order chi connectivity index (χ0) is 18.4. The number of carboxylic acid groups (broad SMARTS) is 1. The predicted octanol–water partition coefficient (Wildman–Crippen LogP) is 0.811. The zero-order valence-corrected chi connectivity index (χ0v) is 15.5. The minimum absolute atomic E-state index is 0.109. The Morgan fingerprint density at radius 2 is 1.92 bits per heavy atom. The molecule has 1 aliphatic heterocycles. The van der Waals surface area contributed by atoms with Gasteiger partial charge in [0.2, 0.25) is 5.91 Å². The summed E-state index contributed by atoms with van der Waals surface area (Å²) in [5, 5.41) is 12.3. The van der Waals surface area contributed by atoms with E-state index in [1.54, 1.807) is 13.1 Å². The third-order valence-electron chi connectivity index (χ3n) is 4.83. The molecule has 2 heterocycles. The van der Waals surface area contributed by atoms with Crippen LogP contribution in [0.25, 0.3) is 0 Å². The highest BCUT2D eigenvalue weighted by molar-refractivity contribution is 5.93. The molecule has 1 amide bonds. The molecule has 25 heavy (non-hydrogen) atoms. The Labute approximate surface area is 149 Å². The van der Waals surface area contributed by atoms with Gasteiger partial charge in [0, 0.05) is 51.2 Å². The Kier molecular flexibility index (Phi) is 7.01. The van der Waals surface area contributed by atoms with E-state index in [9.17, 15) is 14.7 Å². The number of carbonyl (C=O) groups is 2. The molecule has 0 aliphatic carbocycles. The highest BCUT2D eigenvalue weighted by Crippen LogP contribution is 2.18. The SMILES string of the molecule is CCn1cc(C)c(C(=O)O)c1CC(=O)NCCCN1CCN(C)CC1. The van der Waals surface area contributed by atoms with E-state index in [1.807, 2.05) is 11.5 Å². The number of aromatic nitrogens is 1. The summed E-state index contributed by atoms with van der Waals surface area (Å²) in [5.41, 5.74) is 1.55. The smallest absolute Gasteiger partial charge is 0.337 e. The van der Waals surface area contributed by atoms with Gasteiger partial charge in [-0.15, -0.1) is 0 Å². The average Bonchev–Trinajstić information content (AvgIpc) is 2.88. The maximum absolute atomic E-state index is 12.2. The molecule has 0 unspecified atom stereocenters. The van der Waals surface area contributed by atoms with Crippen LogP contribution in [0.3, 0.4) is 0 Å². The van der Waals surface area contributed by atoms with Crippen LogP contribution in [0.5, 0.6) is 0 Å². The van der Waals surface area contributed by atoms with Gasteiger partial charge < -0.3 is 24.8 Å². The Morgan fingerprint density at radius 3 is 2.52 bits per heavy atom. The fourth-order valence-corrected chi connectivity index (χ4v) is 3.33. The molecule has 1 fully saturated rings. The molecule has 1 aliphatic rings. The summed E-state index contributed by atoms with van der Waals surface area (Å²) < 4.78 is 1.85. The summed E-state index contributed by atoms with van der Waals surface area (Å²) in [4.78, 5) is 28.4. The number of hydrogen-bond acceptors (Lipinski definition) is 4. The lowest BCUT2D eigenvalue weighted by Gasteiger charge is -2.32. The van der Waals surface area contributed by atoms with E-state index in [2.05, 4.69) is 22.2 Å². The van der Waals surface area contributed by atoms with Crippen molar-refractivity contribution in [1.29, 1.82) is 0 Å². The Morgan fingerprint density at radius 1 is 1.24 bits per heavy atom. The molecule has 0 saturated carbocycles. The van der Waals surface area contributed by atoms with Crippen molar-refractivity contribution in [3.05, 3.63) is 23.0 Å². The minimum Gasteiger partial charge on any atom is -0.478 e. The average molecular weight is 350 g/mol. The second kappa shape index (κ2) is 9.01. The molecule has 1 aromatic rings. The van der Waals surface area contributed by atoms with E-state index in [-0.39, 0.29) is 17.9 Å². The van der Waals surface area contributed by atoms with Crippen LogP contribution in [0.1, 0.15) is 35.0 Å². The van der Waals surface area contributed by atoms with Crippen LogP contribution in [-0.4, -0.2) is 77.7 Å². The number of amides is 1. The predicted molar refractivity (Wildman–Crippen MR) is 97.1 cm³/mol. The van der Waals surface area contributed by atoms with Crippen LogP contribution in [0, 0.1) is 6.92 Å². The summed E-state index contributed by atoms with van der Waals surface area (Å²) in [6.07, 6.45) is 2.83. The second-order valence-electron chi connectivity index (χ2n) is 6.75. The standard InChI is InChI=1S/C18H30N4O3/c1-4-22-13-14(2)17(18(24)25)15(22)12-16(23)19-6-5-7-21-10-8-20(3)9-11-21/h13H,4-12H2,1-3H3,(H,19,23)(H,24,25). The number of aryl methyl sites for hydroxylation is 2. The Hall–Kier alpha value is -1.86. The molecule has 7 heteroatoms. The molecular formula is C18H30N4O3. The van der Waals surface area contributed by atoms with Crippen molar-refractivity contribution in [1.82, 2.24) is 19.7 Å². The van der Waals surface area contributed by atoms with Gasteiger partial charge in [-0.1, -0.05) is 0 Å². The maximum atomic E-state index is 12.2. The Bertz CT molecular complexity index is 604. The van der Waals surface area contributed by atoms with Gasteiger partial charge >= 0.3 is 5.97 Å². The first-order valence-corrected chi connectivity index (χ1v) is 9.01. The summed E-state index contributed by atoms with van der Waals surface area (Å²) in [6, 6.07) is 0. The first-order valence-electron chi connectivity index (χ1n) is 9.01. The molecule has 1 saturated heterocycles. The van der Waals surface area contributed by atoms with E-state index in [0.717, 1.165) is 39.1 Å². The van der Waals surface area contributed by atoms with Crippen molar-refractivity contribution < 1.29 is 14.7 Å². The van der Waals surface area contributed by atoms with Gasteiger partial charge in [0.05, 0.1) is 12.0 Å². The van der Waals surface area contributed by atoms with E-state index in [0.29, 0.717) is 24.3 Å². The third kappa shape index (κ3) is 5.31. The largest absolute Gasteiger partial charge is 0.478 e. The lowest BCUT2D eigenvalue weighted by atomic mass is 10.1. The van der Waals surface area contributed by atoms with Crippen molar-refractivity contribution >= 4 is 11.9 Å². The van der Waals surface area contributed by atoms with Crippen LogP contribution in [0.2, 0.25) is 0 Å². The van der Waals surface area contributed by atoms with Gasteiger partial charge in [0.25, 0.3) is 0 Å². The molecule has 0 radical (unpaired) electrons. The monoisotopic (exact) mass is 350 g/mol. The number of piperazine rings is 1. The Balaban J connectivity index is 1.80. The van der Waals surface area contributed by atoms with Crippen molar-refractivity contribution in [3.63, 3.8) is 0 Å². The van der Waals surface area contributed by atoms with Gasteiger partial charge in [0.1, 0.15) is 0 Å². The molecule has 2 rings (SSSR count). The second-order valence-corrected chi connectivity index (χ2v) is 6.75. The van der Waals surface area contributed by atoms with E-state index < -0.39 is 5.97 Å². The normalized spacial score (nSPS) is 16.1. The van der Waals surface area contributed by atoms with Crippen LogP contribution in [0.4, 0.5) is 0 Å². The summed E-state index contributed by atoms with van der Waals surface area (Å²) in [7, 11) is 2.14. The third-order valence-corrected chi connectivity index (χ3v) is 4.83. The maximum Gasteiger partial charge on any atom is 0.337 e. The van der Waals surface area contributed by atoms with Gasteiger partial charge in [-0.05, 0) is 39.4 Å². The van der Waals surface area contributed by atoms with Crippen molar-refractivity contribution in [2.75, 3.05) is 46.3 Å². The van der Waals surface area contributed by atoms with Crippen molar-refractivity contribution in [2.45, 2.75) is 33.2 Å². The van der Waals surface area contributed by atoms with Gasteiger partial charge in [0.15, 0.2) is 0 Å². The molecule has 0 aromatic carbocycles. The van der Waals surface area contributed by atoms with Crippen LogP contribution >= 0.6 is 0 Å². The molecule has 1 aromatic heterocycles. The van der Waals surface area contributed by atoms with E-state index in [4.69, 9.17) is 0 Å². The van der Waals surface area contributed by atoms with Gasteiger partial charge in [-0.25, -0.2) is 4.79 Å². The molecule has 0 bridgehead atoms. The van der Waals surface area contributed by atoms with E-state index in [1.165, 1.54) is 0 Å². The fourth-order valence-electron chi connectivity index (χ4n) is 3.33. The van der Waals surface area contributed by atoms with Crippen molar-refractivity contribution in [2.24, 2.45) is 0 Å². The number of nitrogens with one attached hydrogen (secondary N) is 1. The van der Waals surface area contributed by atoms with Crippen LogP contribution in [0.15, 0.2) is 6.20 Å². The number of carboxylic acids is 1. The van der Waals surface area contributed by atoms with Crippen LogP contribution in [-0.2, 0) is 17.8 Å². The number of nitrogens with zero attached hydrogens (tertiary/aromatic N) is 3. The van der Waals surface area contributed by atoms with Gasteiger partial charge in [-0.3, -0.25) is 4.79 Å².